The second-order valence-corrected chi connectivity index (χ2v) is 5.64. The highest BCUT2D eigenvalue weighted by atomic mass is 35.5. The zero-order valence-corrected chi connectivity index (χ0v) is 11.5. The standard InChI is InChI=1S/C12H14ClN3OS/c1-8(18-12-14-6-7-15-12)11(17)16-10-4-2-9(13)3-5-10/h2-5,8H,6-7H2,1H3,(H,14,15)(H,16,17)/t8-/m0/s1. The van der Waals surface area contributed by atoms with E-state index in [1.807, 2.05) is 6.92 Å². The molecular weight excluding hydrogens is 270 g/mol. The van der Waals surface area contributed by atoms with Crippen molar-refractivity contribution < 1.29 is 4.79 Å². The number of aliphatic imine (C=N–C) groups is 1. The molecule has 18 heavy (non-hydrogen) atoms. The van der Waals surface area contributed by atoms with Crippen LogP contribution in [-0.4, -0.2) is 29.4 Å². The van der Waals surface area contributed by atoms with Crippen LogP contribution in [0.3, 0.4) is 0 Å². The molecule has 1 atom stereocenters. The number of hydrogen-bond acceptors (Lipinski definition) is 4. The highest BCUT2D eigenvalue weighted by molar-refractivity contribution is 8.14. The Labute approximate surface area is 115 Å². The van der Waals surface area contributed by atoms with Crippen molar-refractivity contribution in [3.8, 4) is 0 Å². The number of carbonyl (C=O) groups excluding carboxylic acids is 1. The van der Waals surface area contributed by atoms with Gasteiger partial charge in [0.25, 0.3) is 0 Å². The Balaban J connectivity index is 1.88. The van der Waals surface area contributed by atoms with Gasteiger partial charge in [-0.2, -0.15) is 0 Å². The van der Waals surface area contributed by atoms with Crippen LogP contribution in [0.5, 0.6) is 0 Å². The van der Waals surface area contributed by atoms with Crippen LogP contribution in [0.15, 0.2) is 29.3 Å². The fourth-order valence-electron chi connectivity index (χ4n) is 1.45. The molecule has 4 nitrogen and oxygen atoms in total. The zero-order valence-electron chi connectivity index (χ0n) is 9.94. The Morgan fingerprint density at radius 3 is 2.83 bits per heavy atom. The molecule has 1 amide bonds. The van der Waals surface area contributed by atoms with Gasteiger partial charge in [-0.25, -0.2) is 0 Å². The first-order valence-corrected chi connectivity index (χ1v) is 6.92. The number of hydrogen-bond donors (Lipinski definition) is 2. The summed E-state index contributed by atoms with van der Waals surface area (Å²) in [6, 6.07) is 7.06. The van der Waals surface area contributed by atoms with Gasteiger partial charge in [0.1, 0.15) is 0 Å². The molecule has 6 heteroatoms. The van der Waals surface area contributed by atoms with E-state index in [0.29, 0.717) is 5.02 Å². The topological polar surface area (TPSA) is 53.5 Å². The molecule has 0 radical (unpaired) electrons. The smallest absolute Gasteiger partial charge is 0.237 e. The van der Waals surface area contributed by atoms with Crippen molar-refractivity contribution in [3.05, 3.63) is 29.3 Å². The summed E-state index contributed by atoms with van der Waals surface area (Å²) in [4.78, 5) is 16.2. The molecule has 1 heterocycles. The highest BCUT2D eigenvalue weighted by Crippen LogP contribution is 2.17. The molecule has 0 aromatic heterocycles. The fraction of sp³-hybridized carbons (Fsp3) is 0.333. The molecule has 1 aliphatic heterocycles. The molecule has 0 spiro atoms. The van der Waals surface area contributed by atoms with Crippen LogP contribution < -0.4 is 10.6 Å². The van der Waals surface area contributed by atoms with E-state index in [0.717, 1.165) is 23.9 Å². The van der Waals surface area contributed by atoms with E-state index in [1.165, 1.54) is 11.8 Å². The van der Waals surface area contributed by atoms with Crippen molar-refractivity contribution in [2.45, 2.75) is 12.2 Å². The molecular formula is C12H14ClN3OS. The number of nitrogens with one attached hydrogen (secondary N) is 2. The van der Waals surface area contributed by atoms with Gasteiger partial charge in [-0.05, 0) is 31.2 Å². The Hall–Kier alpha value is -1.20. The largest absolute Gasteiger partial charge is 0.363 e. The number of thioether (sulfide) groups is 1. The van der Waals surface area contributed by atoms with Gasteiger partial charge in [-0.15, -0.1) is 0 Å². The molecule has 0 saturated carbocycles. The van der Waals surface area contributed by atoms with E-state index in [9.17, 15) is 4.79 Å². The maximum atomic E-state index is 11.9. The summed E-state index contributed by atoms with van der Waals surface area (Å²) in [7, 11) is 0. The first-order valence-electron chi connectivity index (χ1n) is 5.66. The van der Waals surface area contributed by atoms with Gasteiger partial charge in [0.2, 0.25) is 5.91 Å². The van der Waals surface area contributed by atoms with E-state index < -0.39 is 0 Å². The SMILES string of the molecule is C[C@H](SC1=NCCN1)C(=O)Nc1ccc(Cl)cc1. The summed E-state index contributed by atoms with van der Waals surface area (Å²) < 4.78 is 0. The normalized spacial score (nSPS) is 15.8. The average Bonchev–Trinajstić information content (AvgIpc) is 2.85. The molecule has 2 rings (SSSR count). The Morgan fingerprint density at radius 1 is 1.50 bits per heavy atom. The van der Waals surface area contributed by atoms with Crippen molar-refractivity contribution >= 4 is 40.1 Å². The van der Waals surface area contributed by atoms with Crippen LogP contribution >= 0.6 is 23.4 Å². The molecule has 0 bridgehead atoms. The van der Waals surface area contributed by atoms with Gasteiger partial charge in [0.15, 0.2) is 5.17 Å². The molecule has 0 saturated heterocycles. The number of carbonyl (C=O) groups is 1. The van der Waals surface area contributed by atoms with Crippen molar-refractivity contribution in [1.82, 2.24) is 5.32 Å². The third kappa shape index (κ3) is 3.65. The van der Waals surface area contributed by atoms with Crippen molar-refractivity contribution in [2.75, 3.05) is 18.4 Å². The first-order chi connectivity index (χ1) is 8.65. The number of rotatable bonds is 3. The van der Waals surface area contributed by atoms with E-state index in [2.05, 4.69) is 15.6 Å². The first kappa shape index (κ1) is 13.2. The van der Waals surface area contributed by atoms with Crippen LogP contribution in [0.1, 0.15) is 6.92 Å². The molecule has 0 unspecified atom stereocenters. The lowest BCUT2D eigenvalue weighted by Gasteiger charge is -2.11. The average molecular weight is 284 g/mol. The summed E-state index contributed by atoms with van der Waals surface area (Å²) in [5.41, 5.74) is 0.748. The predicted octanol–water partition coefficient (Wildman–Crippen LogP) is 2.36. The summed E-state index contributed by atoms with van der Waals surface area (Å²) in [6.45, 7) is 3.50. The lowest BCUT2D eigenvalue weighted by Crippen LogP contribution is -2.26. The molecule has 0 aliphatic carbocycles. The Kier molecular flexibility index (Phi) is 4.49. The Bertz CT molecular complexity index is 461. The second kappa shape index (κ2) is 6.11. The van der Waals surface area contributed by atoms with Gasteiger partial charge in [0, 0.05) is 17.3 Å². The van der Waals surface area contributed by atoms with Gasteiger partial charge >= 0.3 is 0 Å². The molecule has 1 aromatic carbocycles. The van der Waals surface area contributed by atoms with Crippen LogP contribution in [0.4, 0.5) is 5.69 Å². The third-order valence-electron chi connectivity index (χ3n) is 2.41. The summed E-state index contributed by atoms with van der Waals surface area (Å²) in [6.07, 6.45) is 0. The molecule has 2 N–H and O–H groups in total. The number of amidine groups is 1. The monoisotopic (exact) mass is 283 g/mol. The molecule has 96 valence electrons. The summed E-state index contributed by atoms with van der Waals surface area (Å²) in [5.74, 6) is -0.0428. The van der Waals surface area contributed by atoms with Crippen LogP contribution in [0.2, 0.25) is 5.02 Å². The minimum absolute atomic E-state index is 0.0428. The van der Waals surface area contributed by atoms with Crippen molar-refractivity contribution in [1.29, 1.82) is 0 Å². The van der Waals surface area contributed by atoms with E-state index in [4.69, 9.17) is 11.6 Å². The number of anilines is 1. The predicted molar refractivity (Wildman–Crippen MR) is 77.4 cm³/mol. The van der Waals surface area contributed by atoms with Gasteiger partial charge in [-0.1, -0.05) is 23.4 Å². The molecule has 0 fully saturated rings. The molecule has 1 aliphatic rings. The van der Waals surface area contributed by atoms with Gasteiger partial charge < -0.3 is 10.6 Å². The summed E-state index contributed by atoms with van der Waals surface area (Å²) in [5, 5.41) is 7.28. The number of halogens is 1. The minimum atomic E-state index is -0.190. The second-order valence-electron chi connectivity index (χ2n) is 3.87. The highest BCUT2D eigenvalue weighted by Gasteiger charge is 2.18. The molecule has 1 aromatic rings. The quantitative estimate of drug-likeness (QED) is 0.895. The number of amides is 1. The number of nitrogens with zero attached hydrogens (tertiary/aromatic N) is 1. The lowest BCUT2D eigenvalue weighted by molar-refractivity contribution is -0.115. The maximum absolute atomic E-state index is 11.9. The Morgan fingerprint density at radius 2 is 2.22 bits per heavy atom. The van der Waals surface area contributed by atoms with Crippen LogP contribution in [0, 0.1) is 0 Å². The van der Waals surface area contributed by atoms with Crippen LogP contribution in [0.25, 0.3) is 0 Å². The van der Waals surface area contributed by atoms with Crippen LogP contribution in [-0.2, 0) is 4.79 Å². The van der Waals surface area contributed by atoms with E-state index >= 15 is 0 Å². The number of benzene rings is 1. The fourth-order valence-corrected chi connectivity index (χ4v) is 2.43. The lowest BCUT2D eigenvalue weighted by atomic mass is 10.3. The van der Waals surface area contributed by atoms with Gasteiger partial charge in [0.05, 0.1) is 11.8 Å². The van der Waals surface area contributed by atoms with Gasteiger partial charge in [-0.3, -0.25) is 9.79 Å². The van der Waals surface area contributed by atoms with Crippen molar-refractivity contribution in [3.63, 3.8) is 0 Å². The van der Waals surface area contributed by atoms with E-state index in [-0.39, 0.29) is 11.2 Å². The minimum Gasteiger partial charge on any atom is -0.363 e. The van der Waals surface area contributed by atoms with Crippen molar-refractivity contribution in [2.24, 2.45) is 4.99 Å². The maximum Gasteiger partial charge on any atom is 0.237 e. The zero-order chi connectivity index (χ0) is 13.0. The third-order valence-corrected chi connectivity index (χ3v) is 3.73. The van der Waals surface area contributed by atoms with E-state index in [1.54, 1.807) is 24.3 Å². The summed E-state index contributed by atoms with van der Waals surface area (Å²) >= 11 is 7.22.